The minimum absolute atomic E-state index is 0.0772. The van der Waals surface area contributed by atoms with Crippen molar-refractivity contribution in [2.75, 3.05) is 0 Å². The van der Waals surface area contributed by atoms with E-state index in [1.165, 1.54) is 12.8 Å². The number of nitrogens with zero attached hydrogens (tertiary/aromatic N) is 2. The molecular weight excluding hydrogens is 210 g/mol. The van der Waals surface area contributed by atoms with Crippen molar-refractivity contribution in [2.45, 2.75) is 71.4 Å². The van der Waals surface area contributed by atoms with Crippen molar-refractivity contribution in [2.24, 2.45) is 5.73 Å². The Morgan fingerprint density at radius 3 is 2.59 bits per heavy atom. The Bertz CT molecular complexity index is 330. The van der Waals surface area contributed by atoms with Gasteiger partial charge in [-0.25, -0.2) is 0 Å². The summed E-state index contributed by atoms with van der Waals surface area (Å²) in [7, 11) is 0. The van der Waals surface area contributed by atoms with Crippen molar-refractivity contribution in [1.29, 1.82) is 0 Å². The molecule has 0 aliphatic rings. The van der Waals surface area contributed by atoms with Crippen LogP contribution in [0, 0.1) is 0 Å². The summed E-state index contributed by atoms with van der Waals surface area (Å²) >= 11 is 0. The molecule has 0 saturated carbocycles. The lowest BCUT2D eigenvalue weighted by Crippen LogP contribution is -2.41. The first kappa shape index (κ1) is 14.2. The van der Waals surface area contributed by atoms with Crippen molar-refractivity contribution < 1.29 is 0 Å². The van der Waals surface area contributed by atoms with Gasteiger partial charge < -0.3 is 5.73 Å². The quantitative estimate of drug-likeness (QED) is 0.790. The molecule has 0 aliphatic carbocycles. The fourth-order valence-corrected chi connectivity index (χ4v) is 2.04. The van der Waals surface area contributed by atoms with Crippen LogP contribution in [-0.2, 0) is 6.42 Å². The molecule has 0 aromatic carbocycles. The van der Waals surface area contributed by atoms with Gasteiger partial charge >= 0.3 is 0 Å². The zero-order chi connectivity index (χ0) is 12.9. The molecule has 17 heavy (non-hydrogen) atoms. The largest absolute Gasteiger partial charge is 0.325 e. The Morgan fingerprint density at radius 1 is 1.41 bits per heavy atom. The van der Waals surface area contributed by atoms with Crippen molar-refractivity contribution in [1.82, 2.24) is 9.78 Å². The molecule has 3 nitrogen and oxygen atoms in total. The van der Waals surface area contributed by atoms with E-state index in [1.807, 2.05) is 4.68 Å². The van der Waals surface area contributed by atoms with Crippen molar-refractivity contribution in [3.63, 3.8) is 0 Å². The van der Waals surface area contributed by atoms with E-state index in [-0.39, 0.29) is 5.54 Å². The van der Waals surface area contributed by atoms with Gasteiger partial charge in [-0.1, -0.05) is 26.7 Å². The summed E-state index contributed by atoms with van der Waals surface area (Å²) in [5.41, 5.74) is 7.50. The SMILES string of the molecule is CCCCC(N)(CC)Cc1ccn(C(C)C)n1. The Kier molecular flexibility index (Phi) is 5.19. The first-order valence-electron chi connectivity index (χ1n) is 6.83. The standard InChI is InChI=1S/C14H27N3/c1-5-7-9-14(15,6-2)11-13-8-10-17(16-13)12(3)4/h8,10,12H,5-7,9,11,15H2,1-4H3. The lowest BCUT2D eigenvalue weighted by molar-refractivity contribution is 0.359. The summed E-state index contributed by atoms with van der Waals surface area (Å²) in [6, 6.07) is 2.52. The van der Waals surface area contributed by atoms with Crippen LogP contribution in [0.2, 0.25) is 0 Å². The van der Waals surface area contributed by atoms with Crippen molar-refractivity contribution in [3.05, 3.63) is 18.0 Å². The second kappa shape index (κ2) is 6.20. The lowest BCUT2D eigenvalue weighted by Gasteiger charge is -2.27. The van der Waals surface area contributed by atoms with Crippen molar-refractivity contribution >= 4 is 0 Å². The Balaban J connectivity index is 2.66. The minimum atomic E-state index is -0.0772. The molecule has 0 saturated heterocycles. The molecule has 1 rings (SSSR count). The van der Waals surface area contributed by atoms with Crippen LogP contribution in [0.5, 0.6) is 0 Å². The van der Waals surface area contributed by atoms with Gasteiger partial charge in [0.25, 0.3) is 0 Å². The summed E-state index contributed by atoms with van der Waals surface area (Å²) in [6.07, 6.45) is 7.46. The number of nitrogens with two attached hydrogens (primary N) is 1. The highest BCUT2D eigenvalue weighted by Crippen LogP contribution is 2.20. The summed E-state index contributed by atoms with van der Waals surface area (Å²) < 4.78 is 2.01. The predicted octanol–water partition coefficient (Wildman–Crippen LogP) is 3.30. The van der Waals surface area contributed by atoms with Crippen LogP contribution < -0.4 is 5.73 Å². The molecule has 2 N–H and O–H groups in total. The van der Waals surface area contributed by atoms with Gasteiger partial charge in [-0.2, -0.15) is 5.10 Å². The molecule has 1 heterocycles. The summed E-state index contributed by atoms with van der Waals surface area (Å²) in [5, 5.41) is 4.59. The van der Waals surface area contributed by atoms with E-state index in [0.29, 0.717) is 6.04 Å². The van der Waals surface area contributed by atoms with Gasteiger partial charge in [0.2, 0.25) is 0 Å². The molecule has 0 fully saturated rings. The topological polar surface area (TPSA) is 43.8 Å². The van der Waals surface area contributed by atoms with Crippen LogP contribution in [0.15, 0.2) is 12.3 Å². The van der Waals surface area contributed by atoms with Crippen LogP contribution in [0.25, 0.3) is 0 Å². The highest BCUT2D eigenvalue weighted by molar-refractivity contribution is 5.05. The minimum Gasteiger partial charge on any atom is -0.325 e. The fraction of sp³-hybridized carbons (Fsp3) is 0.786. The molecule has 0 radical (unpaired) electrons. The fourth-order valence-electron chi connectivity index (χ4n) is 2.04. The third-order valence-corrected chi connectivity index (χ3v) is 3.46. The van der Waals surface area contributed by atoms with Crippen LogP contribution >= 0.6 is 0 Å². The average Bonchev–Trinajstić information content (AvgIpc) is 2.75. The molecule has 1 aromatic rings. The first-order valence-corrected chi connectivity index (χ1v) is 6.83. The van der Waals surface area contributed by atoms with E-state index in [0.717, 1.165) is 25.0 Å². The average molecular weight is 237 g/mol. The third-order valence-electron chi connectivity index (χ3n) is 3.46. The van der Waals surface area contributed by atoms with E-state index in [2.05, 4.69) is 45.1 Å². The van der Waals surface area contributed by atoms with Gasteiger partial charge in [0.15, 0.2) is 0 Å². The normalized spacial score (nSPS) is 15.2. The lowest BCUT2D eigenvalue weighted by atomic mass is 9.86. The maximum absolute atomic E-state index is 6.45. The Labute approximate surface area is 105 Å². The van der Waals surface area contributed by atoms with Crippen LogP contribution in [0.3, 0.4) is 0 Å². The van der Waals surface area contributed by atoms with Crippen LogP contribution in [0.1, 0.15) is 65.1 Å². The van der Waals surface area contributed by atoms with Crippen LogP contribution in [0.4, 0.5) is 0 Å². The molecule has 98 valence electrons. The monoisotopic (exact) mass is 237 g/mol. The Hall–Kier alpha value is -0.830. The predicted molar refractivity (Wildman–Crippen MR) is 73.1 cm³/mol. The molecule has 0 aliphatic heterocycles. The molecule has 0 amide bonds. The van der Waals surface area contributed by atoms with E-state index < -0.39 is 0 Å². The third kappa shape index (κ3) is 4.15. The number of rotatable bonds is 7. The van der Waals surface area contributed by atoms with Gasteiger partial charge in [0, 0.05) is 24.2 Å². The number of hydrogen-bond donors (Lipinski definition) is 1. The zero-order valence-electron chi connectivity index (χ0n) is 11.7. The van der Waals surface area contributed by atoms with E-state index in [1.54, 1.807) is 0 Å². The number of unbranched alkanes of at least 4 members (excludes halogenated alkanes) is 1. The van der Waals surface area contributed by atoms with Crippen LogP contribution in [-0.4, -0.2) is 15.3 Å². The molecular formula is C14H27N3. The summed E-state index contributed by atoms with van der Waals surface area (Å²) in [6.45, 7) is 8.67. The molecule has 1 atom stereocenters. The van der Waals surface area contributed by atoms with Crippen molar-refractivity contribution in [3.8, 4) is 0 Å². The van der Waals surface area contributed by atoms with E-state index >= 15 is 0 Å². The molecule has 0 bridgehead atoms. The maximum atomic E-state index is 6.45. The molecule has 1 aromatic heterocycles. The smallest absolute Gasteiger partial charge is 0.0643 e. The summed E-state index contributed by atoms with van der Waals surface area (Å²) in [5.74, 6) is 0. The molecule has 3 heteroatoms. The highest BCUT2D eigenvalue weighted by atomic mass is 15.3. The molecule has 0 spiro atoms. The molecule has 1 unspecified atom stereocenters. The van der Waals surface area contributed by atoms with Gasteiger partial charge in [-0.05, 0) is 32.8 Å². The number of aromatic nitrogens is 2. The van der Waals surface area contributed by atoms with E-state index in [4.69, 9.17) is 5.73 Å². The summed E-state index contributed by atoms with van der Waals surface area (Å²) in [4.78, 5) is 0. The zero-order valence-corrected chi connectivity index (χ0v) is 11.7. The second-order valence-electron chi connectivity index (χ2n) is 5.38. The van der Waals surface area contributed by atoms with E-state index in [9.17, 15) is 0 Å². The van der Waals surface area contributed by atoms with Gasteiger partial charge in [0.05, 0.1) is 5.69 Å². The second-order valence-corrected chi connectivity index (χ2v) is 5.38. The van der Waals surface area contributed by atoms with Gasteiger partial charge in [-0.3, -0.25) is 4.68 Å². The number of hydrogen-bond acceptors (Lipinski definition) is 2. The first-order chi connectivity index (χ1) is 8.00. The van der Waals surface area contributed by atoms with Gasteiger partial charge in [0.1, 0.15) is 0 Å². The highest BCUT2D eigenvalue weighted by Gasteiger charge is 2.23. The maximum Gasteiger partial charge on any atom is 0.0643 e. The van der Waals surface area contributed by atoms with Gasteiger partial charge in [-0.15, -0.1) is 0 Å². The Morgan fingerprint density at radius 2 is 2.12 bits per heavy atom.